The highest BCUT2D eigenvalue weighted by molar-refractivity contribution is 7.17. The molecule has 1 amide bonds. The normalized spacial score (nSPS) is 26.5. The molecule has 2 aliphatic rings. The van der Waals surface area contributed by atoms with Crippen molar-refractivity contribution in [2.45, 2.75) is 43.9 Å². The number of thiophene rings is 1. The molecule has 27 heavy (non-hydrogen) atoms. The summed E-state index contributed by atoms with van der Waals surface area (Å²) >= 11 is 1.82. The number of ether oxygens (including phenoxy) is 2. The Morgan fingerprint density at radius 2 is 2.30 bits per heavy atom. The van der Waals surface area contributed by atoms with Gasteiger partial charge in [-0.25, -0.2) is 0 Å². The summed E-state index contributed by atoms with van der Waals surface area (Å²) < 4.78 is 12.7. The van der Waals surface area contributed by atoms with E-state index in [4.69, 9.17) is 9.47 Å². The van der Waals surface area contributed by atoms with Gasteiger partial charge in [0.25, 0.3) is 0 Å². The van der Waals surface area contributed by atoms with Gasteiger partial charge in [0, 0.05) is 31.4 Å². The van der Waals surface area contributed by atoms with Crippen LogP contribution < -0.4 is 5.32 Å². The van der Waals surface area contributed by atoms with Crippen LogP contribution in [-0.4, -0.2) is 55.9 Å². The van der Waals surface area contributed by atoms with Crippen LogP contribution in [0.4, 0.5) is 0 Å². The van der Waals surface area contributed by atoms with Gasteiger partial charge >= 0.3 is 0 Å². The summed E-state index contributed by atoms with van der Waals surface area (Å²) in [5, 5.41) is 6.82. The number of carbonyl (C=O) groups excluding carboxylic acids is 1. The van der Waals surface area contributed by atoms with Crippen LogP contribution in [0, 0.1) is 0 Å². The molecular weight excluding hydrogens is 360 g/mol. The number of nitrogens with zero attached hydrogens (tertiary/aromatic N) is 1. The van der Waals surface area contributed by atoms with Crippen LogP contribution in [0.25, 0.3) is 10.1 Å². The van der Waals surface area contributed by atoms with Gasteiger partial charge in [0.15, 0.2) is 0 Å². The Kier molecular flexibility index (Phi) is 5.78. The van der Waals surface area contributed by atoms with Gasteiger partial charge in [-0.15, -0.1) is 11.3 Å². The van der Waals surface area contributed by atoms with E-state index in [0.717, 1.165) is 51.9 Å². The summed E-state index contributed by atoms with van der Waals surface area (Å²) in [6, 6.07) is 8.68. The monoisotopic (exact) mass is 388 g/mol. The summed E-state index contributed by atoms with van der Waals surface area (Å²) in [4.78, 5) is 14.6. The van der Waals surface area contributed by atoms with Crippen molar-refractivity contribution in [2.24, 2.45) is 0 Å². The second-order valence-corrected chi connectivity index (χ2v) is 8.59. The van der Waals surface area contributed by atoms with Crippen molar-refractivity contribution in [1.29, 1.82) is 0 Å². The molecule has 1 aliphatic heterocycles. The highest BCUT2D eigenvalue weighted by Gasteiger charge is 2.45. The van der Waals surface area contributed by atoms with Gasteiger partial charge in [-0.05, 0) is 35.2 Å². The lowest BCUT2D eigenvalue weighted by atomic mass is 9.78. The lowest BCUT2D eigenvalue weighted by molar-refractivity contribution is -0.152. The molecule has 1 aromatic heterocycles. The number of fused-ring (bicyclic) bond motifs is 1. The van der Waals surface area contributed by atoms with Crippen LogP contribution in [0.2, 0.25) is 0 Å². The minimum atomic E-state index is -0.272. The zero-order valence-corrected chi connectivity index (χ0v) is 16.7. The van der Waals surface area contributed by atoms with E-state index in [1.54, 1.807) is 7.11 Å². The fraction of sp³-hybridized carbons (Fsp3) is 0.571. The predicted octanol–water partition coefficient (Wildman–Crippen LogP) is 3.18. The number of benzene rings is 1. The molecular formula is C21H28N2O3S. The SMILES string of the molecule is COCC(=O)N[C@@H]1CCCC[C@@]12CN(Cc1csc3ccccc13)CCO2. The Labute approximate surface area is 164 Å². The standard InChI is InChI=1S/C21H28N2O3S/c1-25-13-20(24)22-19-8-4-5-9-21(19)15-23(10-11-26-21)12-16-14-27-18-7-3-2-6-17(16)18/h2-3,6-7,14,19H,4-5,8-13,15H2,1H3,(H,22,24)/t19-,21-/m1/s1. The van der Waals surface area contributed by atoms with Gasteiger partial charge in [-0.3, -0.25) is 9.69 Å². The van der Waals surface area contributed by atoms with Crippen molar-refractivity contribution in [3.05, 3.63) is 35.2 Å². The highest BCUT2D eigenvalue weighted by atomic mass is 32.1. The maximum absolute atomic E-state index is 12.1. The zero-order valence-electron chi connectivity index (χ0n) is 15.9. The molecule has 4 rings (SSSR count). The third-order valence-electron chi connectivity index (χ3n) is 5.83. The van der Waals surface area contributed by atoms with E-state index < -0.39 is 0 Å². The van der Waals surface area contributed by atoms with Crippen molar-refractivity contribution in [1.82, 2.24) is 10.2 Å². The van der Waals surface area contributed by atoms with E-state index in [-0.39, 0.29) is 24.2 Å². The minimum Gasteiger partial charge on any atom is -0.375 e. The molecule has 2 atom stereocenters. The Bertz CT molecular complexity index is 789. The highest BCUT2D eigenvalue weighted by Crippen LogP contribution is 2.36. The summed E-state index contributed by atoms with van der Waals surface area (Å²) in [5.74, 6) is -0.0478. The Morgan fingerprint density at radius 1 is 1.41 bits per heavy atom. The molecule has 5 nitrogen and oxygen atoms in total. The fourth-order valence-electron chi connectivity index (χ4n) is 4.56. The Hall–Kier alpha value is -1.47. The number of hydrogen-bond acceptors (Lipinski definition) is 5. The molecule has 1 saturated heterocycles. The summed E-state index contributed by atoms with van der Waals surface area (Å²) in [6.45, 7) is 3.57. The van der Waals surface area contributed by atoms with Crippen molar-refractivity contribution in [3.8, 4) is 0 Å². The van der Waals surface area contributed by atoms with Crippen LogP contribution in [0.5, 0.6) is 0 Å². The Balaban J connectivity index is 1.49. The number of hydrogen-bond donors (Lipinski definition) is 1. The van der Waals surface area contributed by atoms with Crippen LogP contribution in [0.1, 0.15) is 31.2 Å². The maximum Gasteiger partial charge on any atom is 0.246 e. The first-order valence-corrected chi connectivity index (χ1v) is 10.7. The van der Waals surface area contributed by atoms with Crippen LogP contribution >= 0.6 is 11.3 Å². The lowest BCUT2D eigenvalue weighted by Crippen LogP contribution is -2.64. The average molecular weight is 389 g/mol. The van der Waals surface area contributed by atoms with Crippen molar-refractivity contribution in [2.75, 3.05) is 33.4 Å². The number of amides is 1. The van der Waals surface area contributed by atoms with Crippen LogP contribution in [0.15, 0.2) is 29.6 Å². The van der Waals surface area contributed by atoms with Gasteiger partial charge < -0.3 is 14.8 Å². The molecule has 1 aromatic carbocycles. The van der Waals surface area contributed by atoms with E-state index in [2.05, 4.69) is 39.9 Å². The number of nitrogens with one attached hydrogen (secondary N) is 1. The molecule has 146 valence electrons. The third-order valence-corrected chi connectivity index (χ3v) is 6.84. The van der Waals surface area contributed by atoms with Gasteiger partial charge in [-0.2, -0.15) is 0 Å². The lowest BCUT2D eigenvalue weighted by Gasteiger charge is -2.49. The molecule has 2 aromatic rings. The maximum atomic E-state index is 12.1. The molecule has 6 heteroatoms. The zero-order chi connectivity index (χ0) is 18.7. The second-order valence-electron chi connectivity index (χ2n) is 7.68. The molecule has 1 spiro atoms. The van der Waals surface area contributed by atoms with E-state index in [9.17, 15) is 4.79 Å². The molecule has 2 heterocycles. The van der Waals surface area contributed by atoms with E-state index in [1.165, 1.54) is 15.6 Å². The summed E-state index contributed by atoms with van der Waals surface area (Å²) in [7, 11) is 1.56. The topological polar surface area (TPSA) is 50.8 Å². The average Bonchev–Trinajstić information content (AvgIpc) is 3.07. The molecule has 1 saturated carbocycles. The summed E-state index contributed by atoms with van der Waals surface area (Å²) in [5.41, 5.74) is 1.12. The van der Waals surface area contributed by atoms with Gasteiger partial charge in [0.1, 0.15) is 12.2 Å². The first-order chi connectivity index (χ1) is 13.2. The van der Waals surface area contributed by atoms with Gasteiger partial charge in [-0.1, -0.05) is 31.0 Å². The molecule has 0 unspecified atom stereocenters. The number of methoxy groups -OCH3 is 1. The first-order valence-electron chi connectivity index (χ1n) is 9.80. The first kappa shape index (κ1) is 18.9. The fourth-order valence-corrected chi connectivity index (χ4v) is 5.51. The Morgan fingerprint density at radius 3 is 3.19 bits per heavy atom. The van der Waals surface area contributed by atoms with Gasteiger partial charge in [0.2, 0.25) is 5.91 Å². The van der Waals surface area contributed by atoms with E-state index >= 15 is 0 Å². The number of morpholine rings is 1. The van der Waals surface area contributed by atoms with Crippen LogP contribution in [0.3, 0.4) is 0 Å². The number of carbonyl (C=O) groups is 1. The minimum absolute atomic E-state index is 0.0478. The predicted molar refractivity (Wildman–Crippen MR) is 108 cm³/mol. The quantitative estimate of drug-likeness (QED) is 0.855. The molecule has 0 bridgehead atoms. The molecule has 1 aliphatic carbocycles. The summed E-state index contributed by atoms with van der Waals surface area (Å²) in [6.07, 6.45) is 4.28. The second kappa shape index (κ2) is 8.27. The smallest absolute Gasteiger partial charge is 0.246 e. The van der Waals surface area contributed by atoms with Crippen molar-refractivity contribution in [3.63, 3.8) is 0 Å². The largest absolute Gasteiger partial charge is 0.375 e. The van der Waals surface area contributed by atoms with Crippen LogP contribution in [-0.2, 0) is 20.8 Å². The van der Waals surface area contributed by atoms with Crippen molar-refractivity contribution >= 4 is 27.3 Å². The molecule has 2 fully saturated rings. The molecule has 0 radical (unpaired) electrons. The third kappa shape index (κ3) is 4.04. The number of rotatable bonds is 5. The van der Waals surface area contributed by atoms with E-state index in [0.29, 0.717) is 0 Å². The van der Waals surface area contributed by atoms with Gasteiger partial charge in [0.05, 0.1) is 12.6 Å². The molecule has 1 N–H and O–H groups in total. The van der Waals surface area contributed by atoms with Crippen molar-refractivity contribution < 1.29 is 14.3 Å². The van der Waals surface area contributed by atoms with E-state index in [1.807, 2.05) is 11.3 Å².